The van der Waals surface area contributed by atoms with E-state index < -0.39 is 6.10 Å². The summed E-state index contributed by atoms with van der Waals surface area (Å²) in [5.41, 5.74) is 3.01. The first-order chi connectivity index (χ1) is 15.9. The zero-order valence-corrected chi connectivity index (χ0v) is 18.5. The van der Waals surface area contributed by atoms with Crippen LogP contribution in [0.5, 0.6) is 11.5 Å². The number of amides is 2. The van der Waals surface area contributed by atoms with E-state index in [0.717, 1.165) is 16.7 Å². The van der Waals surface area contributed by atoms with Gasteiger partial charge < -0.3 is 19.7 Å². The Balaban J connectivity index is 1.52. The number of rotatable bonds is 6. The van der Waals surface area contributed by atoms with Crippen molar-refractivity contribution in [3.8, 4) is 11.5 Å². The van der Waals surface area contributed by atoms with Crippen LogP contribution in [0.1, 0.15) is 23.6 Å². The van der Waals surface area contributed by atoms with E-state index in [-0.39, 0.29) is 24.1 Å². The van der Waals surface area contributed by atoms with Crippen LogP contribution < -0.4 is 14.8 Å². The largest absolute Gasteiger partial charge is 0.496 e. The van der Waals surface area contributed by atoms with E-state index in [4.69, 9.17) is 9.47 Å². The minimum absolute atomic E-state index is 0.126. The summed E-state index contributed by atoms with van der Waals surface area (Å²) in [5, 5.41) is 2.87. The zero-order chi connectivity index (χ0) is 23.4. The van der Waals surface area contributed by atoms with Gasteiger partial charge in [-0.15, -0.1) is 0 Å². The first-order valence-electron chi connectivity index (χ1n) is 10.7. The highest BCUT2D eigenvalue weighted by molar-refractivity contribution is 5.92. The monoisotopic (exact) mass is 448 g/mol. The highest BCUT2D eigenvalue weighted by atomic mass is 19.1. The van der Waals surface area contributed by atoms with Gasteiger partial charge in [0.25, 0.3) is 5.91 Å². The van der Waals surface area contributed by atoms with Gasteiger partial charge in [-0.1, -0.05) is 30.3 Å². The van der Waals surface area contributed by atoms with Gasteiger partial charge in [-0.3, -0.25) is 9.59 Å². The van der Waals surface area contributed by atoms with Gasteiger partial charge in [0, 0.05) is 29.9 Å². The molecule has 33 heavy (non-hydrogen) atoms. The lowest BCUT2D eigenvalue weighted by Crippen LogP contribution is -2.37. The average molecular weight is 448 g/mol. The molecular formula is C26H25FN2O4. The van der Waals surface area contributed by atoms with Crippen LogP contribution >= 0.6 is 0 Å². The quantitative estimate of drug-likeness (QED) is 0.610. The Kier molecular flexibility index (Phi) is 6.58. The Morgan fingerprint density at radius 2 is 1.91 bits per heavy atom. The van der Waals surface area contributed by atoms with Crippen molar-refractivity contribution >= 4 is 17.5 Å². The summed E-state index contributed by atoms with van der Waals surface area (Å²) in [5.74, 6) is 0.636. The van der Waals surface area contributed by atoms with Gasteiger partial charge in [-0.25, -0.2) is 4.39 Å². The predicted octanol–water partition coefficient (Wildman–Crippen LogP) is 4.33. The standard InChI is InChI=1S/C26H25FN2O4/c1-17-26(31)29(15-19-5-3-4-6-23(19)32-2)16-20-14-22(11-12-24(20)33-17)28-25(30)13-18-7-9-21(27)10-8-18/h3-12,14,17H,13,15-16H2,1-2H3,(H,28,30)/t17-/m1/s1. The Morgan fingerprint density at radius 1 is 1.15 bits per heavy atom. The molecule has 3 aromatic rings. The van der Waals surface area contributed by atoms with Crippen LogP contribution in [-0.4, -0.2) is 29.9 Å². The first-order valence-corrected chi connectivity index (χ1v) is 10.7. The number of hydrogen-bond donors (Lipinski definition) is 1. The molecule has 1 atom stereocenters. The zero-order valence-electron chi connectivity index (χ0n) is 18.5. The van der Waals surface area contributed by atoms with Crippen LogP contribution in [0.15, 0.2) is 66.7 Å². The normalized spacial score (nSPS) is 15.3. The lowest BCUT2D eigenvalue weighted by atomic mass is 10.1. The molecule has 7 heteroatoms. The molecular weight excluding hydrogens is 423 g/mol. The molecule has 0 saturated heterocycles. The predicted molar refractivity (Wildman–Crippen MR) is 123 cm³/mol. The summed E-state index contributed by atoms with van der Waals surface area (Å²) in [4.78, 5) is 27.2. The number of ether oxygens (including phenoxy) is 2. The smallest absolute Gasteiger partial charge is 0.263 e. The Bertz CT molecular complexity index is 1160. The molecule has 0 aromatic heterocycles. The second-order valence-electron chi connectivity index (χ2n) is 7.94. The van der Waals surface area contributed by atoms with Gasteiger partial charge in [0.15, 0.2) is 6.10 Å². The summed E-state index contributed by atoms with van der Waals surface area (Å²) >= 11 is 0. The minimum Gasteiger partial charge on any atom is -0.496 e. The van der Waals surface area contributed by atoms with E-state index >= 15 is 0 Å². The number of methoxy groups -OCH3 is 1. The van der Waals surface area contributed by atoms with Gasteiger partial charge in [-0.2, -0.15) is 0 Å². The molecule has 0 bridgehead atoms. The number of carbonyl (C=O) groups is 2. The molecule has 6 nitrogen and oxygen atoms in total. The third-order valence-electron chi connectivity index (χ3n) is 5.50. The fourth-order valence-electron chi connectivity index (χ4n) is 3.84. The van der Waals surface area contributed by atoms with Crippen molar-refractivity contribution in [3.63, 3.8) is 0 Å². The first kappa shape index (κ1) is 22.3. The molecule has 0 unspecified atom stereocenters. The van der Waals surface area contributed by atoms with E-state index in [1.807, 2.05) is 30.3 Å². The number of fused-ring (bicyclic) bond motifs is 1. The van der Waals surface area contributed by atoms with Gasteiger partial charge >= 0.3 is 0 Å². The van der Waals surface area contributed by atoms with E-state index in [1.165, 1.54) is 12.1 Å². The van der Waals surface area contributed by atoms with E-state index in [9.17, 15) is 14.0 Å². The second-order valence-corrected chi connectivity index (χ2v) is 7.94. The molecule has 1 aliphatic rings. The number of halogens is 1. The summed E-state index contributed by atoms with van der Waals surface area (Å²) in [6.45, 7) is 2.43. The molecule has 1 aliphatic heterocycles. The van der Waals surface area contributed by atoms with E-state index in [2.05, 4.69) is 5.32 Å². The molecule has 1 heterocycles. The fraction of sp³-hybridized carbons (Fsp3) is 0.231. The topological polar surface area (TPSA) is 67.9 Å². The van der Waals surface area contributed by atoms with Gasteiger partial charge in [0.2, 0.25) is 5.91 Å². The Labute approximate surface area is 191 Å². The third kappa shape index (κ3) is 5.31. The van der Waals surface area contributed by atoms with E-state index in [1.54, 1.807) is 43.2 Å². The second kappa shape index (κ2) is 9.73. The number of para-hydroxylation sites is 1. The van der Waals surface area contributed by atoms with Crippen LogP contribution in [0.3, 0.4) is 0 Å². The molecule has 0 fully saturated rings. The highest BCUT2D eigenvalue weighted by Gasteiger charge is 2.28. The molecule has 0 radical (unpaired) electrons. The maximum absolute atomic E-state index is 13.1. The number of nitrogens with zero attached hydrogens (tertiary/aromatic N) is 1. The Hall–Kier alpha value is -3.87. The van der Waals surface area contributed by atoms with Gasteiger partial charge in [-0.05, 0) is 48.9 Å². The minimum atomic E-state index is -0.639. The number of hydrogen-bond acceptors (Lipinski definition) is 4. The van der Waals surface area contributed by atoms with Gasteiger partial charge in [0.1, 0.15) is 17.3 Å². The van der Waals surface area contributed by atoms with Crippen molar-refractivity contribution in [2.75, 3.05) is 12.4 Å². The molecule has 1 N–H and O–H groups in total. The summed E-state index contributed by atoms with van der Waals surface area (Å²) in [6, 6.07) is 18.7. The van der Waals surface area contributed by atoms with Crippen molar-refractivity contribution in [1.82, 2.24) is 4.90 Å². The van der Waals surface area contributed by atoms with Crippen LogP contribution in [0.25, 0.3) is 0 Å². The molecule has 0 saturated carbocycles. The van der Waals surface area contributed by atoms with Crippen molar-refractivity contribution in [3.05, 3.63) is 89.2 Å². The fourth-order valence-corrected chi connectivity index (χ4v) is 3.84. The number of nitrogens with one attached hydrogen (secondary N) is 1. The SMILES string of the molecule is COc1ccccc1CN1Cc2cc(NC(=O)Cc3ccc(F)cc3)ccc2O[C@H](C)C1=O. The van der Waals surface area contributed by atoms with Gasteiger partial charge in [0.05, 0.1) is 13.5 Å². The molecule has 0 aliphatic carbocycles. The number of carbonyl (C=O) groups excluding carboxylic acids is 2. The van der Waals surface area contributed by atoms with Crippen LogP contribution in [-0.2, 0) is 29.1 Å². The van der Waals surface area contributed by atoms with Crippen molar-refractivity contribution < 1.29 is 23.5 Å². The molecule has 3 aromatic carbocycles. The van der Waals surface area contributed by atoms with Crippen molar-refractivity contribution in [2.45, 2.75) is 32.5 Å². The average Bonchev–Trinajstić information content (AvgIpc) is 2.92. The number of benzene rings is 3. The molecule has 4 rings (SSSR count). The molecule has 0 spiro atoms. The summed E-state index contributed by atoms with van der Waals surface area (Å²) in [7, 11) is 1.60. The number of anilines is 1. The Morgan fingerprint density at radius 3 is 2.67 bits per heavy atom. The van der Waals surface area contributed by atoms with Crippen LogP contribution in [0.2, 0.25) is 0 Å². The van der Waals surface area contributed by atoms with Crippen LogP contribution in [0.4, 0.5) is 10.1 Å². The summed E-state index contributed by atoms with van der Waals surface area (Å²) < 4.78 is 24.4. The molecule has 2 amide bonds. The van der Waals surface area contributed by atoms with E-state index in [0.29, 0.717) is 30.3 Å². The lowest BCUT2D eigenvalue weighted by Gasteiger charge is -2.23. The highest BCUT2D eigenvalue weighted by Crippen LogP contribution is 2.30. The van der Waals surface area contributed by atoms with Crippen molar-refractivity contribution in [1.29, 1.82) is 0 Å². The van der Waals surface area contributed by atoms with Crippen molar-refractivity contribution in [2.24, 2.45) is 0 Å². The molecule has 170 valence electrons. The third-order valence-corrected chi connectivity index (χ3v) is 5.50. The lowest BCUT2D eigenvalue weighted by molar-refractivity contribution is -0.138. The summed E-state index contributed by atoms with van der Waals surface area (Å²) in [6.07, 6.45) is -0.511. The van der Waals surface area contributed by atoms with Crippen LogP contribution in [0, 0.1) is 5.82 Å². The maximum atomic E-state index is 13.1. The maximum Gasteiger partial charge on any atom is 0.263 e.